The van der Waals surface area contributed by atoms with E-state index in [1.807, 2.05) is 42.6 Å². The van der Waals surface area contributed by atoms with E-state index in [-0.39, 0.29) is 12.4 Å². The molecule has 31 heavy (non-hydrogen) atoms. The third kappa shape index (κ3) is 4.78. The SMILES string of the molecule is CCOC(=O)Cc1ccccc1OCc1cc(-c2cccc(CN)c2)c2cc[nH]c2c1. The lowest BCUT2D eigenvalue weighted by Crippen LogP contribution is -2.09. The zero-order valence-electron chi connectivity index (χ0n) is 17.6. The first-order chi connectivity index (χ1) is 15.2. The third-order valence-electron chi connectivity index (χ3n) is 5.21. The Morgan fingerprint density at radius 2 is 1.87 bits per heavy atom. The van der Waals surface area contributed by atoms with Crippen molar-refractivity contribution in [3.8, 4) is 16.9 Å². The van der Waals surface area contributed by atoms with E-state index >= 15 is 0 Å². The van der Waals surface area contributed by atoms with Gasteiger partial charge in [0, 0.05) is 29.2 Å². The molecule has 3 N–H and O–H groups in total. The van der Waals surface area contributed by atoms with Crippen molar-refractivity contribution >= 4 is 16.9 Å². The van der Waals surface area contributed by atoms with Gasteiger partial charge < -0.3 is 20.2 Å². The molecule has 0 aliphatic carbocycles. The average molecular weight is 415 g/mol. The van der Waals surface area contributed by atoms with E-state index in [1.165, 1.54) is 0 Å². The van der Waals surface area contributed by atoms with Crippen LogP contribution >= 0.6 is 0 Å². The molecule has 0 saturated heterocycles. The molecule has 5 nitrogen and oxygen atoms in total. The maximum Gasteiger partial charge on any atom is 0.310 e. The maximum absolute atomic E-state index is 11.9. The number of esters is 1. The first kappa shape index (κ1) is 20.7. The smallest absolute Gasteiger partial charge is 0.310 e. The minimum Gasteiger partial charge on any atom is -0.489 e. The second-order valence-electron chi connectivity index (χ2n) is 7.36. The molecule has 0 fully saturated rings. The van der Waals surface area contributed by atoms with Crippen molar-refractivity contribution in [1.82, 2.24) is 4.98 Å². The van der Waals surface area contributed by atoms with E-state index in [0.29, 0.717) is 25.5 Å². The van der Waals surface area contributed by atoms with E-state index < -0.39 is 0 Å². The number of H-pyrrole nitrogens is 1. The van der Waals surface area contributed by atoms with Crippen LogP contribution in [0.3, 0.4) is 0 Å². The summed E-state index contributed by atoms with van der Waals surface area (Å²) >= 11 is 0. The van der Waals surface area contributed by atoms with Crippen molar-refractivity contribution < 1.29 is 14.3 Å². The van der Waals surface area contributed by atoms with Crippen LogP contribution in [0.15, 0.2) is 72.9 Å². The summed E-state index contributed by atoms with van der Waals surface area (Å²) in [6.45, 7) is 3.06. The molecule has 158 valence electrons. The lowest BCUT2D eigenvalue weighted by Gasteiger charge is -2.13. The molecule has 0 bridgehead atoms. The van der Waals surface area contributed by atoms with Crippen molar-refractivity contribution in [1.29, 1.82) is 0 Å². The van der Waals surface area contributed by atoms with Gasteiger partial charge in [0.15, 0.2) is 0 Å². The summed E-state index contributed by atoms with van der Waals surface area (Å²) < 4.78 is 11.2. The van der Waals surface area contributed by atoms with Crippen LogP contribution < -0.4 is 10.5 Å². The van der Waals surface area contributed by atoms with Crippen LogP contribution in [0.4, 0.5) is 0 Å². The standard InChI is InChI=1S/C26H26N2O3/c1-2-30-26(29)15-21-7-3-4-9-25(21)31-17-19-13-23(22-10-11-28-24(22)14-19)20-8-5-6-18(12-20)16-27/h3-14,28H,2,15-17,27H2,1H3. The Morgan fingerprint density at radius 3 is 2.71 bits per heavy atom. The first-order valence-corrected chi connectivity index (χ1v) is 10.4. The van der Waals surface area contributed by atoms with Crippen LogP contribution in [0.1, 0.15) is 23.6 Å². The summed E-state index contributed by atoms with van der Waals surface area (Å²) in [4.78, 5) is 15.2. The Bertz CT molecular complexity index is 1200. The number of fused-ring (bicyclic) bond motifs is 1. The monoisotopic (exact) mass is 414 g/mol. The number of aromatic nitrogens is 1. The van der Waals surface area contributed by atoms with Gasteiger partial charge in [-0.2, -0.15) is 0 Å². The molecule has 5 heteroatoms. The number of nitrogens with two attached hydrogens (primary N) is 1. The van der Waals surface area contributed by atoms with Gasteiger partial charge in [-0.25, -0.2) is 0 Å². The molecule has 0 radical (unpaired) electrons. The van der Waals surface area contributed by atoms with Gasteiger partial charge in [-0.1, -0.05) is 36.4 Å². The van der Waals surface area contributed by atoms with Gasteiger partial charge in [-0.05, 0) is 59.5 Å². The van der Waals surface area contributed by atoms with Gasteiger partial charge in [0.25, 0.3) is 0 Å². The van der Waals surface area contributed by atoms with Crippen molar-refractivity contribution in [2.24, 2.45) is 5.73 Å². The second kappa shape index (κ2) is 9.49. The highest BCUT2D eigenvalue weighted by Gasteiger charge is 2.12. The summed E-state index contributed by atoms with van der Waals surface area (Å²) in [6.07, 6.45) is 2.14. The fourth-order valence-electron chi connectivity index (χ4n) is 3.73. The normalized spacial score (nSPS) is 10.9. The van der Waals surface area contributed by atoms with Gasteiger partial charge in [-0.3, -0.25) is 4.79 Å². The van der Waals surface area contributed by atoms with Gasteiger partial charge in [-0.15, -0.1) is 0 Å². The number of benzene rings is 3. The number of hydrogen-bond acceptors (Lipinski definition) is 4. The predicted molar refractivity (Wildman–Crippen MR) is 123 cm³/mol. The van der Waals surface area contributed by atoms with Crippen LogP contribution in [-0.2, 0) is 29.1 Å². The number of ether oxygens (including phenoxy) is 2. The Labute approximate surface area is 181 Å². The number of rotatable bonds is 8. The number of carbonyl (C=O) groups is 1. The van der Waals surface area contributed by atoms with Crippen LogP contribution in [0.25, 0.3) is 22.0 Å². The van der Waals surface area contributed by atoms with Crippen LogP contribution in [-0.4, -0.2) is 17.6 Å². The van der Waals surface area contributed by atoms with E-state index in [9.17, 15) is 4.79 Å². The third-order valence-corrected chi connectivity index (χ3v) is 5.21. The lowest BCUT2D eigenvalue weighted by atomic mass is 9.97. The van der Waals surface area contributed by atoms with Crippen LogP contribution in [0, 0.1) is 0 Å². The van der Waals surface area contributed by atoms with Crippen molar-refractivity contribution in [2.75, 3.05) is 6.61 Å². The molecule has 0 spiro atoms. The summed E-state index contributed by atoms with van der Waals surface area (Å²) in [6, 6.07) is 22.2. The molecule has 1 heterocycles. The van der Waals surface area contributed by atoms with Crippen LogP contribution in [0.5, 0.6) is 5.75 Å². The number of carbonyl (C=O) groups excluding carboxylic acids is 1. The second-order valence-corrected chi connectivity index (χ2v) is 7.36. The quantitative estimate of drug-likeness (QED) is 0.399. The van der Waals surface area contributed by atoms with Gasteiger partial charge in [0.2, 0.25) is 0 Å². The number of hydrogen-bond donors (Lipinski definition) is 2. The highest BCUT2D eigenvalue weighted by atomic mass is 16.5. The Hall–Kier alpha value is -3.57. The zero-order valence-corrected chi connectivity index (χ0v) is 17.6. The van der Waals surface area contributed by atoms with E-state index in [2.05, 4.69) is 35.3 Å². The van der Waals surface area contributed by atoms with Gasteiger partial charge >= 0.3 is 5.97 Å². The molecule has 3 aromatic carbocycles. The number of para-hydroxylation sites is 1. The average Bonchev–Trinajstić information content (AvgIpc) is 3.27. The Morgan fingerprint density at radius 1 is 1.00 bits per heavy atom. The fourth-order valence-corrected chi connectivity index (χ4v) is 3.73. The molecule has 0 amide bonds. The minimum atomic E-state index is -0.256. The van der Waals surface area contributed by atoms with Crippen molar-refractivity contribution in [2.45, 2.75) is 26.5 Å². The van der Waals surface area contributed by atoms with Crippen molar-refractivity contribution in [3.05, 3.63) is 89.6 Å². The number of aromatic amines is 1. The molecular weight excluding hydrogens is 388 g/mol. The highest BCUT2D eigenvalue weighted by Crippen LogP contribution is 2.31. The van der Waals surface area contributed by atoms with Gasteiger partial charge in [0.1, 0.15) is 12.4 Å². The molecule has 0 aliphatic rings. The fraction of sp³-hybridized carbons (Fsp3) is 0.192. The molecule has 0 unspecified atom stereocenters. The zero-order chi connectivity index (χ0) is 21.6. The Balaban J connectivity index is 1.61. The van der Waals surface area contributed by atoms with E-state index in [4.69, 9.17) is 15.2 Å². The number of nitrogens with one attached hydrogen (secondary N) is 1. The summed E-state index contributed by atoms with van der Waals surface area (Å²) in [5, 5.41) is 1.15. The molecule has 0 atom stereocenters. The summed E-state index contributed by atoms with van der Waals surface area (Å²) in [5.74, 6) is 0.433. The molecular formula is C26H26N2O3. The molecule has 0 aliphatic heterocycles. The molecule has 1 aromatic heterocycles. The van der Waals surface area contributed by atoms with Crippen molar-refractivity contribution in [3.63, 3.8) is 0 Å². The summed E-state index contributed by atoms with van der Waals surface area (Å²) in [7, 11) is 0. The van der Waals surface area contributed by atoms with Gasteiger partial charge in [0.05, 0.1) is 13.0 Å². The summed E-state index contributed by atoms with van der Waals surface area (Å²) in [5.41, 5.74) is 12.1. The topological polar surface area (TPSA) is 77.3 Å². The Kier molecular flexibility index (Phi) is 6.34. The molecule has 0 saturated carbocycles. The minimum absolute atomic E-state index is 0.191. The van der Waals surface area contributed by atoms with Crippen LogP contribution in [0.2, 0.25) is 0 Å². The maximum atomic E-state index is 11.9. The lowest BCUT2D eigenvalue weighted by molar-refractivity contribution is -0.142. The van der Waals surface area contributed by atoms with E-state index in [1.54, 1.807) is 6.92 Å². The molecule has 4 rings (SSSR count). The first-order valence-electron chi connectivity index (χ1n) is 10.4. The highest BCUT2D eigenvalue weighted by molar-refractivity contribution is 5.95. The van der Waals surface area contributed by atoms with E-state index in [0.717, 1.165) is 38.7 Å². The largest absolute Gasteiger partial charge is 0.489 e. The predicted octanol–water partition coefficient (Wildman–Crippen LogP) is 4.98. The molecule has 4 aromatic rings.